The van der Waals surface area contributed by atoms with Crippen molar-refractivity contribution in [2.45, 2.75) is 13.3 Å². The van der Waals surface area contributed by atoms with Crippen molar-refractivity contribution in [1.82, 2.24) is 9.97 Å². The molecule has 0 bridgehead atoms. The molecule has 102 valence electrons. The van der Waals surface area contributed by atoms with Crippen LogP contribution in [0.4, 0.5) is 17.5 Å². The lowest BCUT2D eigenvalue weighted by Gasteiger charge is -2.09. The van der Waals surface area contributed by atoms with Gasteiger partial charge in [-0.05, 0) is 46.6 Å². The van der Waals surface area contributed by atoms with Gasteiger partial charge in [0, 0.05) is 18.4 Å². The van der Waals surface area contributed by atoms with Crippen LogP contribution in [0.2, 0.25) is 0 Å². The van der Waals surface area contributed by atoms with Gasteiger partial charge in [-0.1, -0.05) is 6.92 Å². The summed E-state index contributed by atoms with van der Waals surface area (Å²) in [5.74, 6) is 1.27. The van der Waals surface area contributed by atoms with Crippen molar-refractivity contribution in [2.24, 2.45) is 0 Å². The Morgan fingerprint density at radius 3 is 2.70 bits per heavy atom. The van der Waals surface area contributed by atoms with Gasteiger partial charge in [0.05, 0.1) is 16.1 Å². The Hall–Kier alpha value is -2.13. The van der Waals surface area contributed by atoms with Gasteiger partial charge in [0.15, 0.2) is 0 Å². The fourth-order valence-electron chi connectivity index (χ4n) is 1.54. The van der Waals surface area contributed by atoms with Crippen LogP contribution in [0.25, 0.3) is 0 Å². The Morgan fingerprint density at radius 1 is 1.30 bits per heavy atom. The zero-order valence-corrected chi connectivity index (χ0v) is 12.6. The molecule has 1 aromatic carbocycles. The van der Waals surface area contributed by atoms with Crippen molar-refractivity contribution in [3.63, 3.8) is 0 Å². The van der Waals surface area contributed by atoms with Crippen molar-refractivity contribution < 1.29 is 0 Å². The van der Waals surface area contributed by atoms with Gasteiger partial charge in [-0.25, -0.2) is 4.98 Å². The molecule has 0 atom stereocenters. The van der Waals surface area contributed by atoms with Gasteiger partial charge in [-0.3, -0.25) is 0 Å². The minimum Gasteiger partial charge on any atom is -0.354 e. The van der Waals surface area contributed by atoms with Crippen molar-refractivity contribution in [1.29, 1.82) is 5.26 Å². The maximum atomic E-state index is 8.77. The summed E-state index contributed by atoms with van der Waals surface area (Å²) >= 11 is 3.42. The second kappa shape index (κ2) is 6.87. The molecule has 6 heteroatoms. The molecule has 20 heavy (non-hydrogen) atoms. The van der Waals surface area contributed by atoms with Gasteiger partial charge in [-0.2, -0.15) is 10.2 Å². The fraction of sp³-hybridized carbons (Fsp3) is 0.214. The minimum absolute atomic E-state index is 0.589. The maximum Gasteiger partial charge on any atom is 0.224 e. The van der Waals surface area contributed by atoms with Gasteiger partial charge in [0.2, 0.25) is 5.95 Å². The molecule has 2 aromatic rings. The van der Waals surface area contributed by atoms with Crippen molar-refractivity contribution >= 4 is 33.4 Å². The topological polar surface area (TPSA) is 73.6 Å². The second-order valence-electron chi connectivity index (χ2n) is 4.13. The number of nitrogens with one attached hydrogen (secondary N) is 2. The van der Waals surface area contributed by atoms with Crippen LogP contribution in [0, 0.1) is 11.3 Å². The number of benzene rings is 1. The van der Waals surface area contributed by atoms with E-state index in [2.05, 4.69) is 49.5 Å². The van der Waals surface area contributed by atoms with Crippen LogP contribution in [0.15, 0.2) is 34.9 Å². The Morgan fingerprint density at radius 2 is 2.05 bits per heavy atom. The smallest absolute Gasteiger partial charge is 0.224 e. The number of halogens is 1. The number of nitriles is 1. The van der Waals surface area contributed by atoms with Gasteiger partial charge in [0.1, 0.15) is 5.82 Å². The number of anilines is 3. The molecule has 1 heterocycles. The highest BCUT2D eigenvalue weighted by atomic mass is 79.9. The number of hydrogen-bond donors (Lipinski definition) is 2. The first-order valence-electron chi connectivity index (χ1n) is 6.26. The van der Waals surface area contributed by atoms with Crippen LogP contribution in [-0.4, -0.2) is 16.5 Å². The molecule has 2 rings (SSSR count). The lowest BCUT2D eigenvalue weighted by Crippen LogP contribution is -2.06. The highest BCUT2D eigenvalue weighted by Crippen LogP contribution is 2.24. The molecule has 0 aliphatic rings. The van der Waals surface area contributed by atoms with Crippen LogP contribution in [-0.2, 0) is 0 Å². The van der Waals surface area contributed by atoms with Gasteiger partial charge < -0.3 is 10.6 Å². The summed E-state index contributed by atoms with van der Waals surface area (Å²) < 4.78 is 0.781. The summed E-state index contributed by atoms with van der Waals surface area (Å²) in [7, 11) is 0. The average Bonchev–Trinajstić information content (AvgIpc) is 2.49. The third-order valence-corrected chi connectivity index (χ3v) is 3.13. The molecule has 0 radical (unpaired) electrons. The molecule has 0 fully saturated rings. The number of rotatable bonds is 5. The van der Waals surface area contributed by atoms with Crippen LogP contribution < -0.4 is 10.6 Å². The predicted molar refractivity (Wildman–Crippen MR) is 83.0 cm³/mol. The summed E-state index contributed by atoms with van der Waals surface area (Å²) in [5.41, 5.74) is 1.49. The second-order valence-corrected chi connectivity index (χ2v) is 4.99. The first-order chi connectivity index (χ1) is 9.72. The Labute approximate surface area is 126 Å². The molecule has 0 amide bonds. The zero-order chi connectivity index (χ0) is 14.4. The summed E-state index contributed by atoms with van der Waals surface area (Å²) in [6.07, 6.45) is 2.72. The van der Waals surface area contributed by atoms with Crippen molar-refractivity contribution in [3.05, 3.63) is 40.5 Å². The lowest BCUT2D eigenvalue weighted by molar-refractivity contribution is 0.952. The Balaban J connectivity index is 2.16. The summed E-state index contributed by atoms with van der Waals surface area (Å²) in [6.45, 7) is 2.92. The summed E-state index contributed by atoms with van der Waals surface area (Å²) in [6, 6.07) is 9.28. The fourth-order valence-corrected chi connectivity index (χ4v) is 1.83. The highest BCUT2D eigenvalue weighted by molar-refractivity contribution is 9.10. The largest absolute Gasteiger partial charge is 0.354 e. The normalized spacial score (nSPS) is 9.85. The zero-order valence-electron chi connectivity index (χ0n) is 11.0. The monoisotopic (exact) mass is 331 g/mol. The number of nitrogens with zero attached hydrogens (tertiary/aromatic N) is 3. The Bertz CT molecular complexity index is 618. The SMILES string of the molecule is CCCNc1ncc(Br)c(Nc2ccc(C#N)cc2)n1. The van der Waals surface area contributed by atoms with Crippen molar-refractivity contribution in [2.75, 3.05) is 17.2 Å². The van der Waals surface area contributed by atoms with Gasteiger partial charge in [-0.15, -0.1) is 0 Å². The molecular weight excluding hydrogens is 318 g/mol. The highest BCUT2D eigenvalue weighted by Gasteiger charge is 2.05. The lowest BCUT2D eigenvalue weighted by atomic mass is 10.2. The molecule has 0 aliphatic heterocycles. The van der Waals surface area contributed by atoms with Gasteiger partial charge in [0.25, 0.3) is 0 Å². The maximum absolute atomic E-state index is 8.77. The van der Waals surface area contributed by atoms with E-state index in [4.69, 9.17) is 5.26 Å². The molecule has 1 aromatic heterocycles. The van der Waals surface area contributed by atoms with E-state index in [1.807, 2.05) is 12.1 Å². The molecule has 0 unspecified atom stereocenters. The molecule has 5 nitrogen and oxygen atoms in total. The number of hydrogen-bond acceptors (Lipinski definition) is 5. The molecular formula is C14H14BrN5. The van der Waals surface area contributed by atoms with Crippen LogP contribution in [0.5, 0.6) is 0 Å². The predicted octanol–water partition coefficient (Wildman–Crippen LogP) is 3.68. The van der Waals surface area contributed by atoms with Crippen molar-refractivity contribution in [3.8, 4) is 6.07 Å². The van der Waals surface area contributed by atoms with E-state index in [9.17, 15) is 0 Å². The standard InChI is InChI=1S/C14H14BrN5/c1-2-7-17-14-18-9-12(15)13(20-14)19-11-5-3-10(8-16)4-6-11/h3-6,9H,2,7H2,1H3,(H2,17,18,19,20). The van der Waals surface area contributed by atoms with Crippen LogP contribution >= 0.6 is 15.9 Å². The molecule has 0 spiro atoms. The van der Waals surface area contributed by atoms with Gasteiger partial charge >= 0.3 is 0 Å². The molecule has 0 saturated heterocycles. The summed E-state index contributed by atoms with van der Waals surface area (Å²) in [4.78, 5) is 8.60. The summed E-state index contributed by atoms with van der Waals surface area (Å²) in [5, 5.41) is 15.1. The van der Waals surface area contributed by atoms with E-state index in [1.54, 1.807) is 18.3 Å². The van der Waals surface area contributed by atoms with Crippen LogP contribution in [0.3, 0.4) is 0 Å². The molecule has 2 N–H and O–H groups in total. The van der Waals surface area contributed by atoms with E-state index in [1.165, 1.54) is 0 Å². The van der Waals surface area contributed by atoms with E-state index in [0.717, 1.165) is 23.1 Å². The molecule has 0 aliphatic carbocycles. The Kier molecular flexibility index (Phi) is 4.91. The third kappa shape index (κ3) is 3.68. The first-order valence-corrected chi connectivity index (χ1v) is 7.06. The third-order valence-electron chi connectivity index (χ3n) is 2.55. The van der Waals surface area contributed by atoms with E-state index in [0.29, 0.717) is 17.3 Å². The quantitative estimate of drug-likeness (QED) is 0.874. The van der Waals surface area contributed by atoms with E-state index >= 15 is 0 Å². The van der Waals surface area contributed by atoms with E-state index < -0.39 is 0 Å². The molecule has 0 saturated carbocycles. The van der Waals surface area contributed by atoms with Crippen LogP contribution in [0.1, 0.15) is 18.9 Å². The number of aromatic nitrogens is 2. The van der Waals surface area contributed by atoms with E-state index in [-0.39, 0.29) is 0 Å². The average molecular weight is 332 g/mol. The first kappa shape index (κ1) is 14.3. The minimum atomic E-state index is 0.589.